The first-order valence-corrected chi connectivity index (χ1v) is 6.21. The van der Waals surface area contributed by atoms with E-state index in [1.165, 1.54) is 18.6 Å². The maximum Gasteiger partial charge on any atom is 0.0254 e. The van der Waals surface area contributed by atoms with Crippen LogP contribution in [-0.4, -0.2) is 16.0 Å². The second kappa shape index (κ2) is 2.46. The molecule has 2 unspecified atom stereocenters. The van der Waals surface area contributed by atoms with Crippen molar-refractivity contribution in [2.45, 2.75) is 50.8 Å². The minimum atomic E-state index is 0.139. The van der Waals surface area contributed by atoms with Gasteiger partial charge in [0.05, 0.1) is 0 Å². The predicted octanol–water partition coefficient (Wildman–Crippen LogP) is 2.65. The molecule has 76 valence electrons. The van der Waals surface area contributed by atoms with Crippen LogP contribution in [0, 0.1) is 11.3 Å². The summed E-state index contributed by atoms with van der Waals surface area (Å²) in [5.74, 6) is 2.02. The fourth-order valence-corrected chi connectivity index (χ4v) is 4.46. The minimum Gasteiger partial charge on any atom is -0.324 e. The number of nitrogens with two attached hydrogens (primary N) is 1. The maximum absolute atomic E-state index is 6.49. The molecule has 0 spiro atoms. The molecule has 2 heteroatoms. The highest BCUT2D eigenvalue weighted by atomic mass is 32.2. The minimum absolute atomic E-state index is 0.139. The standard InChI is InChI=1S/C11H21NS/c1-9(2)7-11(9,12)8-5-6-13-10(8,3)4/h8H,5-7,12H2,1-4H3. The maximum atomic E-state index is 6.49. The Balaban J connectivity index is 2.19. The molecule has 0 aromatic carbocycles. The molecule has 2 fully saturated rings. The molecule has 0 aromatic heterocycles. The van der Waals surface area contributed by atoms with Gasteiger partial charge in [-0.05, 0) is 29.9 Å². The molecule has 0 radical (unpaired) electrons. The first-order chi connectivity index (χ1) is 5.80. The van der Waals surface area contributed by atoms with Crippen molar-refractivity contribution >= 4 is 11.8 Å². The summed E-state index contributed by atoms with van der Waals surface area (Å²) in [6.07, 6.45) is 2.53. The third-order valence-electron chi connectivity index (χ3n) is 4.21. The van der Waals surface area contributed by atoms with E-state index < -0.39 is 0 Å². The zero-order valence-electron chi connectivity index (χ0n) is 9.18. The Bertz CT molecular complexity index is 234. The third kappa shape index (κ3) is 1.25. The van der Waals surface area contributed by atoms with Gasteiger partial charge in [0.15, 0.2) is 0 Å². The normalized spacial score (nSPS) is 46.4. The van der Waals surface area contributed by atoms with E-state index >= 15 is 0 Å². The molecule has 2 N–H and O–H groups in total. The van der Waals surface area contributed by atoms with Gasteiger partial charge in [0.1, 0.15) is 0 Å². The van der Waals surface area contributed by atoms with E-state index in [1.54, 1.807) is 0 Å². The van der Waals surface area contributed by atoms with E-state index in [0.29, 0.717) is 10.2 Å². The Morgan fingerprint density at radius 2 is 1.77 bits per heavy atom. The van der Waals surface area contributed by atoms with Gasteiger partial charge in [-0.25, -0.2) is 0 Å². The molecule has 1 aliphatic heterocycles. The topological polar surface area (TPSA) is 26.0 Å². The molecule has 1 nitrogen and oxygen atoms in total. The van der Waals surface area contributed by atoms with Crippen LogP contribution in [0.25, 0.3) is 0 Å². The molecule has 0 amide bonds. The van der Waals surface area contributed by atoms with Crippen molar-refractivity contribution in [1.82, 2.24) is 0 Å². The van der Waals surface area contributed by atoms with Crippen molar-refractivity contribution in [3.8, 4) is 0 Å². The first-order valence-electron chi connectivity index (χ1n) is 5.22. The fourth-order valence-electron chi connectivity index (χ4n) is 3.05. The van der Waals surface area contributed by atoms with Gasteiger partial charge in [0.2, 0.25) is 0 Å². The SMILES string of the molecule is CC1(C)SCCC1C1(N)CC1(C)C. The number of hydrogen-bond donors (Lipinski definition) is 1. The Kier molecular flexibility index (Phi) is 1.86. The van der Waals surface area contributed by atoms with Crippen LogP contribution in [0.1, 0.15) is 40.5 Å². The van der Waals surface area contributed by atoms with Gasteiger partial charge < -0.3 is 5.73 Å². The largest absolute Gasteiger partial charge is 0.324 e. The van der Waals surface area contributed by atoms with Crippen LogP contribution in [0.15, 0.2) is 0 Å². The van der Waals surface area contributed by atoms with Crippen LogP contribution in [0.3, 0.4) is 0 Å². The van der Waals surface area contributed by atoms with Crippen LogP contribution in [0.5, 0.6) is 0 Å². The van der Waals surface area contributed by atoms with E-state index in [4.69, 9.17) is 5.73 Å². The summed E-state index contributed by atoms with van der Waals surface area (Å²) in [5.41, 5.74) is 7.02. The fraction of sp³-hybridized carbons (Fsp3) is 1.00. The lowest BCUT2D eigenvalue weighted by Gasteiger charge is -2.33. The van der Waals surface area contributed by atoms with Crippen LogP contribution in [-0.2, 0) is 0 Å². The molecule has 13 heavy (non-hydrogen) atoms. The van der Waals surface area contributed by atoms with Gasteiger partial charge in [-0.3, -0.25) is 0 Å². The predicted molar refractivity (Wildman–Crippen MR) is 60.0 cm³/mol. The second-order valence-electron chi connectivity index (χ2n) is 5.89. The molecule has 0 bridgehead atoms. The molecule has 2 aliphatic rings. The van der Waals surface area contributed by atoms with E-state index in [-0.39, 0.29) is 5.54 Å². The van der Waals surface area contributed by atoms with Gasteiger partial charge in [0, 0.05) is 10.3 Å². The zero-order valence-corrected chi connectivity index (χ0v) is 10.0. The van der Waals surface area contributed by atoms with Gasteiger partial charge in [-0.2, -0.15) is 11.8 Å². The molecule has 0 aromatic rings. The summed E-state index contributed by atoms with van der Waals surface area (Å²) in [6.45, 7) is 9.34. The lowest BCUT2D eigenvalue weighted by atomic mass is 9.80. The van der Waals surface area contributed by atoms with Crippen molar-refractivity contribution in [1.29, 1.82) is 0 Å². The average Bonchev–Trinajstić information content (AvgIpc) is 2.35. The van der Waals surface area contributed by atoms with Crippen LogP contribution < -0.4 is 5.73 Å². The second-order valence-corrected chi connectivity index (χ2v) is 7.64. The molecule has 1 saturated carbocycles. The zero-order chi connectivity index (χ0) is 9.91. The number of thioether (sulfide) groups is 1. The Labute approximate surface area is 85.8 Å². The van der Waals surface area contributed by atoms with Gasteiger partial charge in [-0.15, -0.1) is 0 Å². The monoisotopic (exact) mass is 199 g/mol. The smallest absolute Gasteiger partial charge is 0.0254 e. The van der Waals surface area contributed by atoms with Crippen molar-refractivity contribution in [3.05, 3.63) is 0 Å². The van der Waals surface area contributed by atoms with Crippen molar-refractivity contribution in [3.63, 3.8) is 0 Å². The summed E-state index contributed by atoms with van der Waals surface area (Å²) in [6, 6.07) is 0. The summed E-state index contributed by atoms with van der Waals surface area (Å²) in [7, 11) is 0. The quantitative estimate of drug-likeness (QED) is 0.702. The lowest BCUT2D eigenvalue weighted by Crippen LogP contribution is -2.44. The molecule has 2 rings (SSSR count). The van der Waals surface area contributed by atoms with E-state index in [2.05, 4.69) is 39.5 Å². The Hall–Kier alpha value is 0.310. The highest BCUT2D eigenvalue weighted by Gasteiger charge is 2.65. The van der Waals surface area contributed by atoms with Crippen LogP contribution in [0.4, 0.5) is 0 Å². The lowest BCUT2D eigenvalue weighted by molar-refractivity contribution is 0.292. The van der Waals surface area contributed by atoms with Crippen LogP contribution in [0.2, 0.25) is 0 Å². The number of hydrogen-bond acceptors (Lipinski definition) is 2. The summed E-state index contributed by atoms with van der Waals surface area (Å²) in [5, 5.41) is 0. The molecular formula is C11H21NS. The van der Waals surface area contributed by atoms with Crippen LogP contribution >= 0.6 is 11.8 Å². The molecule has 1 aliphatic carbocycles. The van der Waals surface area contributed by atoms with E-state index in [1.807, 2.05) is 0 Å². The van der Waals surface area contributed by atoms with Gasteiger partial charge >= 0.3 is 0 Å². The summed E-state index contributed by atoms with van der Waals surface area (Å²) < 4.78 is 0.405. The average molecular weight is 199 g/mol. The highest BCUT2D eigenvalue weighted by molar-refractivity contribution is 8.00. The van der Waals surface area contributed by atoms with E-state index in [0.717, 1.165) is 5.92 Å². The van der Waals surface area contributed by atoms with E-state index in [9.17, 15) is 0 Å². The Morgan fingerprint density at radius 1 is 1.23 bits per heavy atom. The van der Waals surface area contributed by atoms with Crippen molar-refractivity contribution in [2.75, 3.05) is 5.75 Å². The summed E-state index contributed by atoms with van der Waals surface area (Å²) >= 11 is 2.10. The molecule has 1 heterocycles. The van der Waals surface area contributed by atoms with Gasteiger partial charge in [-0.1, -0.05) is 27.7 Å². The summed E-state index contributed by atoms with van der Waals surface area (Å²) in [4.78, 5) is 0. The Morgan fingerprint density at radius 3 is 2.08 bits per heavy atom. The first kappa shape index (κ1) is 9.85. The molecule has 2 atom stereocenters. The van der Waals surface area contributed by atoms with Gasteiger partial charge in [0.25, 0.3) is 0 Å². The number of rotatable bonds is 1. The highest BCUT2D eigenvalue weighted by Crippen LogP contribution is 2.64. The van der Waals surface area contributed by atoms with Crippen molar-refractivity contribution in [2.24, 2.45) is 17.1 Å². The molecule has 1 saturated heterocycles. The third-order valence-corrected chi connectivity index (χ3v) is 5.68. The van der Waals surface area contributed by atoms with Crippen molar-refractivity contribution < 1.29 is 0 Å². The molecular weight excluding hydrogens is 178 g/mol.